The Balaban J connectivity index is 1.88. The van der Waals surface area contributed by atoms with Crippen LogP contribution in [0.25, 0.3) is 0 Å². The van der Waals surface area contributed by atoms with Gasteiger partial charge in [0.05, 0.1) is 0 Å². The summed E-state index contributed by atoms with van der Waals surface area (Å²) in [7, 11) is 0. The number of anilines is 1. The number of urea groups is 1. The number of carboxylic acids is 1. The number of likely N-dealkylation sites (tertiary alicyclic amines) is 1. The van der Waals surface area contributed by atoms with E-state index in [0.717, 1.165) is 25.9 Å². The summed E-state index contributed by atoms with van der Waals surface area (Å²) in [6.07, 6.45) is 2.15. The molecule has 3 N–H and O–H groups in total. The van der Waals surface area contributed by atoms with Crippen LogP contribution in [-0.2, 0) is 4.79 Å². The maximum Gasteiger partial charge on any atom is 0.327 e. The molecule has 1 fully saturated rings. The second kappa shape index (κ2) is 7.28. The lowest BCUT2D eigenvalue weighted by molar-refractivity contribution is -0.139. The van der Waals surface area contributed by atoms with Gasteiger partial charge in [-0.1, -0.05) is 11.6 Å². The van der Waals surface area contributed by atoms with Crippen molar-refractivity contribution >= 4 is 29.3 Å². The van der Waals surface area contributed by atoms with E-state index < -0.39 is 18.0 Å². The van der Waals surface area contributed by atoms with Crippen LogP contribution in [0.2, 0.25) is 5.02 Å². The van der Waals surface area contributed by atoms with E-state index in [-0.39, 0.29) is 0 Å². The van der Waals surface area contributed by atoms with Crippen LogP contribution in [-0.4, -0.2) is 47.7 Å². The fraction of sp³-hybridized carbons (Fsp3) is 0.429. The number of carbonyl (C=O) groups is 2. The fourth-order valence-electron chi connectivity index (χ4n) is 2.27. The lowest BCUT2D eigenvalue weighted by Crippen LogP contribution is -2.49. The molecule has 114 valence electrons. The molecule has 0 aliphatic carbocycles. The minimum atomic E-state index is -1.03. The Hall–Kier alpha value is -1.79. The van der Waals surface area contributed by atoms with Gasteiger partial charge < -0.3 is 20.6 Å². The van der Waals surface area contributed by atoms with Gasteiger partial charge in [0.1, 0.15) is 6.04 Å². The van der Waals surface area contributed by atoms with E-state index in [0.29, 0.717) is 17.3 Å². The molecule has 1 heterocycles. The average Bonchev–Trinajstić information content (AvgIpc) is 2.93. The largest absolute Gasteiger partial charge is 0.480 e. The number of halogens is 1. The van der Waals surface area contributed by atoms with E-state index in [1.165, 1.54) is 0 Å². The molecule has 1 aliphatic rings. The highest BCUT2D eigenvalue weighted by molar-refractivity contribution is 6.30. The SMILES string of the molecule is O=C(Nc1ccc(Cl)cc1)NC(CN1CCCC1)C(=O)O. The topological polar surface area (TPSA) is 81.7 Å². The molecule has 0 spiro atoms. The van der Waals surface area contributed by atoms with Gasteiger partial charge in [-0.15, -0.1) is 0 Å². The predicted octanol–water partition coefficient (Wildman–Crippen LogP) is 2.01. The molecule has 1 aromatic rings. The van der Waals surface area contributed by atoms with E-state index >= 15 is 0 Å². The van der Waals surface area contributed by atoms with Gasteiger partial charge in [0.25, 0.3) is 0 Å². The Morgan fingerprint density at radius 1 is 1.24 bits per heavy atom. The molecule has 1 saturated heterocycles. The summed E-state index contributed by atoms with van der Waals surface area (Å²) in [5.74, 6) is -1.03. The van der Waals surface area contributed by atoms with Gasteiger partial charge in [-0.05, 0) is 50.2 Å². The van der Waals surface area contributed by atoms with Crippen LogP contribution >= 0.6 is 11.6 Å². The first-order chi connectivity index (χ1) is 10.0. The number of aliphatic carboxylic acids is 1. The van der Waals surface area contributed by atoms with Gasteiger partial charge in [0.2, 0.25) is 0 Å². The summed E-state index contributed by atoms with van der Waals surface area (Å²) < 4.78 is 0. The van der Waals surface area contributed by atoms with Crippen LogP contribution in [0.15, 0.2) is 24.3 Å². The zero-order valence-electron chi connectivity index (χ0n) is 11.5. The van der Waals surface area contributed by atoms with Gasteiger partial charge >= 0.3 is 12.0 Å². The first kappa shape index (κ1) is 15.6. The van der Waals surface area contributed by atoms with Gasteiger partial charge in [-0.25, -0.2) is 9.59 Å². The van der Waals surface area contributed by atoms with Crippen molar-refractivity contribution in [2.45, 2.75) is 18.9 Å². The van der Waals surface area contributed by atoms with E-state index in [1.807, 2.05) is 4.90 Å². The molecule has 1 aliphatic heterocycles. The Morgan fingerprint density at radius 2 is 1.86 bits per heavy atom. The zero-order valence-corrected chi connectivity index (χ0v) is 12.3. The maximum atomic E-state index is 11.8. The second-order valence-electron chi connectivity index (χ2n) is 5.00. The van der Waals surface area contributed by atoms with Crippen molar-refractivity contribution in [2.75, 3.05) is 25.0 Å². The number of nitrogens with zero attached hydrogens (tertiary/aromatic N) is 1. The normalized spacial score (nSPS) is 16.4. The summed E-state index contributed by atoms with van der Waals surface area (Å²) in [6.45, 7) is 2.08. The highest BCUT2D eigenvalue weighted by atomic mass is 35.5. The molecule has 7 heteroatoms. The molecule has 1 atom stereocenters. The Kier molecular flexibility index (Phi) is 5.41. The number of carboxylic acid groups (broad SMARTS) is 1. The van der Waals surface area contributed by atoms with Crippen molar-refractivity contribution in [1.82, 2.24) is 10.2 Å². The van der Waals surface area contributed by atoms with Crippen molar-refractivity contribution in [3.8, 4) is 0 Å². The van der Waals surface area contributed by atoms with Gasteiger partial charge in [0, 0.05) is 17.3 Å². The Bertz CT molecular complexity index is 501. The molecule has 21 heavy (non-hydrogen) atoms. The summed E-state index contributed by atoms with van der Waals surface area (Å²) in [5.41, 5.74) is 0.558. The number of benzene rings is 1. The molecule has 1 aromatic carbocycles. The predicted molar refractivity (Wildman–Crippen MR) is 80.7 cm³/mol. The van der Waals surface area contributed by atoms with Gasteiger partial charge in [0.15, 0.2) is 0 Å². The van der Waals surface area contributed by atoms with Crippen molar-refractivity contribution < 1.29 is 14.7 Å². The van der Waals surface area contributed by atoms with Crippen LogP contribution in [0.1, 0.15) is 12.8 Å². The number of rotatable bonds is 5. The molecular weight excluding hydrogens is 294 g/mol. The molecule has 6 nitrogen and oxygen atoms in total. The van der Waals surface area contributed by atoms with E-state index in [2.05, 4.69) is 10.6 Å². The summed E-state index contributed by atoms with van der Waals surface area (Å²) in [5, 5.41) is 14.8. The van der Waals surface area contributed by atoms with Crippen molar-refractivity contribution in [3.05, 3.63) is 29.3 Å². The van der Waals surface area contributed by atoms with Crippen LogP contribution in [0.4, 0.5) is 10.5 Å². The number of nitrogens with one attached hydrogen (secondary N) is 2. The smallest absolute Gasteiger partial charge is 0.327 e. The van der Waals surface area contributed by atoms with Crippen LogP contribution < -0.4 is 10.6 Å². The molecule has 0 saturated carbocycles. The molecule has 0 aromatic heterocycles. The number of carbonyl (C=O) groups excluding carboxylic acids is 1. The number of hydrogen-bond acceptors (Lipinski definition) is 3. The Morgan fingerprint density at radius 3 is 2.43 bits per heavy atom. The second-order valence-corrected chi connectivity index (χ2v) is 5.44. The number of hydrogen-bond donors (Lipinski definition) is 3. The molecular formula is C14H18ClN3O3. The first-order valence-corrected chi connectivity index (χ1v) is 7.20. The van der Waals surface area contributed by atoms with E-state index in [9.17, 15) is 14.7 Å². The minimum absolute atomic E-state index is 0.323. The van der Waals surface area contributed by atoms with E-state index in [4.69, 9.17) is 11.6 Å². The number of amides is 2. The third-order valence-corrected chi connectivity index (χ3v) is 3.60. The molecule has 2 rings (SSSR count). The average molecular weight is 312 g/mol. The third-order valence-electron chi connectivity index (χ3n) is 3.34. The summed E-state index contributed by atoms with van der Waals surface area (Å²) >= 11 is 5.76. The third kappa shape index (κ3) is 4.91. The van der Waals surface area contributed by atoms with Crippen molar-refractivity contribution in [1.29, 1.82) is 0 Å². The highest BCUT2D eigenvalue weighted by Gasteiger charge is 2.24. The summed E-state index contributed by atoms with van der Waals surface area (Å²) in [4.78, 5) is 25.1. The molecule has 1 unspecified atom stereocenters. The van der Waals surface area contributed by atoms with Gasteiger partial charge in [-0.2, -0.15) is 0 Å². The fourth-order valence-corrected chi connectivity index (χ4v) is 2.39. The molecule has 2 amide bonds. The Labute approximate surface area is 128 Å². The van der Waals surface area contributed by atoms with Gasteiger partial charge in [-0.3, -0.25) is 0 Å². The van der Waals surface area contributed by atoms with Crippen LogP contribution in [0.3, 0.4) is 0 Å². The van der Waals surface area contributed by atoms with Crippen molar-refractivity contribution in [2.24, 2.45) is 0 Å². The summed E-state index contributed by atoms with van der Waals surface area (Å²) in [6, 6.07) is 5.14. The maximum absolute atomic E-state index is 11.8. The molecule has 0 bridgehead atoms. The quantitative estimate of drug-likeness (QED) is 0.777. The van der Waals surface area contributed by atoms with E-state index in [1.54, 1.807) is 24.3 Å². The van der Waals surface area contributed by atoms with Crippen LogP contribution in [0.5, 0.6) is 0 Å². The van der Waals surface area contributed by atoms with Crippen molar-refractivity contribution in [3.63, 3.8) is 0 Å². The highest BCUT2D eigenvalue weighted by Crippen LogP contribution is 2.13. The lowest BCUT2D eigenvalue weighted by Gasteiger charge is -2.21. The lowest BCUT2D eigenvalue weighted by atomic mass is 10.2. The standard InChI is InChI=1S/C14H18ClN3O3/c15-10-3-5-11(6-4-10)16-14(21)17-12(13(19)20)9-18-7-1-2-8-18/h3-6,12H,1-2,7-9H2,(H,19,20)(H2,16,17,21). The monoisotopic (exact) mass is 311 g/mol. The minimum Gasteiger partial charge on any atom is -0.480 e. The zero-order chi connectivity index (χ0) is 15.2. The van der Waals surface area contributed by atoms with Crippen LogP contribution in [0, 0.1) is 0 Å². The molecule has 0 radical (unpaired) electrons. The first-order valence-electron chi connectivity index (χ1n) is 6.83.